The lowest BCUT2D eigenvalue weighted by Gasteiger charge is -2.39. The number of pyridine rings is 1. The third kappa shape index (κ3) is 4.29. The molecule has 0 amide bonds. The van der Waals surface area contributed by atoms with Gasteiger partial charge in [-0.25, -0.2) is 0 Å². The monoisotopic (exact) mass is 261 g/mol. The van der Waals surface area contributed by atoms with Crippen molar-refractivity contribution in [1.82, 2.24) is 15.2 Å². The van der Waals surface area contributed by atoms with E-state index < -0.39 is 0 Å². The number of likely N-dealkylation sites (N-methyl/N-ethyl adjacent to an activating group) is 1. The first-order valence-corrected chi connectivity index (χ1v) is 7.52. The maximum atomic E-state index is 4.21. The van der Waals surface area contributed by atoms with E-state index in [0.29, 0.717) is 18.1 Å². The first-order valence-electron chi connectivity index (χ1n) is 7.52. The molecule has 1 heterocycles. The summed E-state index contributed by atoms with van der Waals surface area (Å²) in [7, 11) is 2.25. The minimum atomic E-state index is 0.567. The number of rotatable bonds is 5. The average molecular weight is 261 g/mol. The van der Waals surface area contributed by atoms with Crippen LogP contribution in [-0.4, -0.2) is 35.1 Å². The third-order valence-corrected chi connectivity index (χ3v) is 4.00. The SMILES string of the molecule is CC(C)NC1CCCCC1N(C)Cc1cccnc1. The summed E-state index contributed by atoms with van der Waals surface area (Å²) in [6.07, 6.45) is 9.15. The van der Waals surface area contributed by atoms with Crippen molar-refractivity contribution in [2.45, 2.75) is 64.2 Å². The van der Waals surface area contributed by atoms with E-state index in [1.165, 1.54) is 31.2 Å². The van der Waals surface area contributed by atoms with Crippen LogP contribution in [0.25, 0.3) is 0 Å². The van der Waals surface area contributed by atoms with Gasteiger partial charge in [0.1, 0.15) is 0 Å². The predicted molar refractivity (Wildman–Crippen MR) is 80.0 cm³/mol. The fourth-order valence-corrected chi connectivity index (χ4v) is 3.16. The van der Waals surface area contributed by atoms with Gasteiger partial charge in [-0.2, -0.15) is 0 Å². The van der Waals surface area contributed by atoms with Crippen molar-refractivity contribution in [1.29, 1.82) is 0 Å². The minimum Gasteiger partial charge on any atom is -0.310 e. The van der Waals surface area contributed by atoms with E-state index >= 15 is 0 Å². The molecule has 19 heavy (non-hydrogen) atoms. The van der Waals surface area contributed by atoms with E-state index in [9.17, 15) is 0 Å². The molecule has 3 heteroatoms. The van der Waals surface area contributed by atoms with Gasteiger partial charge >= 0.3 is 0 Å². The second-order valence-corrected chi connectivity index (χ2v) is 6.06. The molecule has 0 radical (unpaired) electrons. The van der Waals surface area contributed by atoms with Gasteiger partial charge in [-0.05, 0) is 31.5 Å². The van der Waals surface area contributed by atoms with Crippen molar-refractivity contribution in [3.8, 4) is 0 Å². The largest absolute Gasteiger partial charge is 0.310 e. The lowest BCUT2D eigenvalue weighted by molar-refractivity contribution is 0.138. The molecule has 1 aromatic rings. The standard InChI is InChI=1S/C16H27N3/c1-13(2)18-15-8-4-5-9-16(15)19(3)12-14-7-6-10-17-11-14/h6-7,10-11,13,15-16,18H,4-5,8-9,12H2,1-3H3. The summed E-state index contributed by atoms with van der Waals surface area (Å²) >= 11 is 0. The molecule has 0 aliphatic heterocycles. The number of aromatic nitrogens is 1. The van der Waals surface area contributed by atoms with Gasteiger partial charge < -0.3 is 5.32 Å². The summed E-state index contributed by atoms with van der Waals surface area (Å²) in [6, 6.07) is 6.04. The Bertz CT molecular complexity index is 364. The van der Waals surface area contributed by atoms with Gasteiger partial charge in [-0.3, -0.25) is 9.88 Å². The summed E-state index contributed by atoms with van der Waals surface area (Å²) in [5.74, 6) is 0. The molecule has 0 aromatic carbocycles. The third-order valence-electron chi connectivity index (χ3n) is 4.00. The number of nitrogens with one attached hydrogen (secondary N) is 1. The second kappa shape index (κ2) is 7.01. The fraction of sp³-hybridized carbons (Fsp3) is 0.688. The molecule has 0 saturated heterocycles. The van der Waals surface area contributed by atoms with Gasteiger partial charge in [0, 0.05) is 37.1 Å². The fourth-order valence-electron chi connectivity index (χ4n) is 3.16. The van der Waals surface area contributed by atoms with Crippen LogP contribution < -0.4 is 5.32 Å². The summed E-state index contributed by atoms with van der Waals surface area (Å²) < 4.78 is 0. The normalized spacial score (nSPS) is 24.1. The Hall–Kier alpha value is -0.930. The highest BCUT2D eigenvalue weighted by Crippen LogP contribution is 2.24. The van der Waals surface area contributed by atoms with Crippen LogP contribution in [0.5, 0.6) is 0 Å². The van der Waals surface area contributed by atoms with Gasteiger partial charge in [0.25, 0.3) is 0 Å². The quantitative estimate of drug-likeness (QED) is 0.883. The van der Waals surface area contributed by atoms with Crippen LogP contribution >= 0.6 is 0 Å². The molecule has 1 saturated carbocycles. The van der Waals surface area contributed by atoms with Crippen LogP contribution in [-0.2, 0) is 6.54 Å². The zero-order chi connectivity index (χ0) is 13.7. The van der Waals surface area contributed by atoms with Crippen LogP contribution in [0.15, 0.2) is 24.5 Å². The van der Waals surface area contributed by atoms with Crippen LogP contribution in [0.2, 0.25) is 0 Å². The van der Waals surface area contributed by atoms with Crippen LogP contribution in [0.3, 0.4) is 0 Å². The molecular formula is C16H27N3. The summed E-state index contributed by atoms with van der Waals surface area (Å²) in [5.41, 5.74) is 1.30. The minimum absolute atomic E-state index is 0.567. The van der Waals surface area contributed by atoms with Crippen LogP contribution in [0, 0.1) is 0 Å². The highest BCUT2D eigenvalue weighted by Gasteiger charge is 2.28. The maximum absolute atomic E-state index is 4.21. The van der Waals surface area contributed by atoms with Crippen molar-refractivity contribution >= 4 is 0 Å². The molecule has 1 N–H and O–H groups in total. The molecular weight excluding hydrogens is 234 g/mol. The van der Waals surface area contributed by atoms with Crippen molar-refractivity contribution in [3.63, 3.8) is 0 Å². The van der Waals surface area contributed by atoms with E-state index in [1.807, 2.05) is 18.5 Å². The van der Waals surface area contributed by atoms with E-state index in [-0.39, 0.29) is 0 Å². The van der Waals surface area contributed by atoms with E-state index in [2.05, 4.69) is 42.2 Å². The van der Waals surface area contributed by atoms with Crippen molar-refractivity contribution in [3.05, 3.63) is 30.1 Å². The van der Waals surface area contributed by atoms with E-state index in [0.717, 1.165) is 6.54 Å². The lowest BCUT2D eigenvalue weighted by atomic mass is 9.88. The Labute approximate surface area is 117 Å². The first kappa shape index (κ1) is 14.5. The van der Waals surface area contributed by atoms with Crippen LogP contribution in [0.1, 0.15) is 45.1 Å². The molecule has 2 rings (SSSR count). The zero-order valence-electron chi connectivity index (χ0n) is 12.5. The zero-order valence-corrected chi connectivity index (χ0v) is 12.5. The van der Waals surface area contributed by atoms with Crippen molar-refractivity contribution in [2.75, 3.05) is 7.05 Å². The van der Waals surface area contributed by atoms with E-state index in [4.69, 9.17) is 0 Å². The van der Waals surface area contributed by atoms with Crippen molar-refractivity contribution in [2.24, 2.45) is 0 Å². The molecule has 106 valence electrons. The Morgan fingerprint density at radius 2 is 2.16 bits per heavy atom. The maximum Gasteiger partial charge on any atom is 0.0312 e. The lowest BCUT2D eigenvalue weighted by Crippen LogP contribution is -2.52. The molecule has 3 nitrogen and oxygen atoms in total. The Kier molecular flexibility index (Phi) is 5.34. The van der Waals surface area contributed by atoms with Gasteiger partial charge in [-0.15, -0.1) is 0 Å². The summed E-state index contributed by atoms with van der Waals surface area (Å²) in [4.78, 5) is 6.70. The first-order chi connectivity index (χ1) is 9.16. The topological polar surface area (TPSA) is 28.2 Å². The number of hydrogen-bond acceptors (Lipinski definition) is 3. The van der Waals surface area contributed by atoms with Crippen molar-refractivity contribution < 1.29 is 0 Å². The number of hydrogen-bond donors (Lipinski definition) is 1. The summed E-state index contributed by atoms with van der Waals surface area (Å²) in [6.45, 7) is 5.48. The summed E-state index contributed by atoms with van der Waals surface area (Å²) in [5, 5.41) is 3.74. The second-order valence-electron chi connectivity index (χ2n) is 6.06. The van der Waals surface area contributed by atoms with Gasteiger partial charge in [0.15, 0.2) is 0 Å². The van der Waals surface area contributed by atoms with E-state index in [1.54, 1.807) is 0 Å². The molecule has 2 atom stereocenters. The number of nitrogens with zero attached hydrogens (tertiary/aromatic N) is 2. The Morgan fingerprint density at radius 3 is 2.84 bits per heavy atom. The predicted octanol–water partition coefficient (Wildman–Crippen LogP) is 2.82. The van der Waals surface area contributed by atoms with Crippen LogP contribution in [0.4, 0.5) is 0 Å². The molecule has 0 bridgehead atoms. The van der Waals surface area contributed by atoms with Gasteiger partial charge in [0.05, 0.1) is 0 Å². The molecule has 1 aliphatic rings. The molecule has 0 spiro atoms. The highest BCUT2D eigenvalue weighted by molar-refractivity contribution is 5.08. The smallest absolute Gasteiger partial charge is 0.0312 e. The Balaban J connectivity index is 1.97. The van der Waals surface area contributed by atoms with Gasteiger partial charge in [-0.1, -0.05) is 32.8 Å². The Morgan fingerprint density at radius 1 is 1.37 bits per heavy atom. The molecule has 1 aliphatic carbocycles. The highest BCUT2D eigenvalue weighted by atomic mass is 15.2. The molecule has 1 fully saturated rings. The average Bonchev–Trinajstić information content (AvgIpc) is 2.39. The molecule has 1 aromatic heterocycles. The van der Waals surface area contributed by atoms with Gasteiger partial charge in [0.2, 0.25) is 0 Å². The molecule has 2 unspecified atom stereocenters.